The number of hydrogen-bond acceptors (Lipinski definition) is 2. The van der Waals surface area contributed by atoms with Crippen molar-refractivity contribution >= 4 is 5.97 Å². The van der Waals surface area contributed by atoms with Crippen LogP contribution in [0.3, 0.4) is 0 Å². The smallest absolute Gasteiger partial charge is 0.320 e. The Labute approximate surface area is 42.9 Å². The largest absolute Gasteiger partial charge is 0.480 e. The quantitative estimate of drug-likeness (QED) is 0.481. The lowest BCUT2D eigenvalue weighted by Crippen LogP contribution is -2.25. The van der Waals surface area contributed by atoms with Crippen molar-refractivity contribution in [2.75, 3.05) is 0 Å². The Bertz CT molecular complexity index is 154. The van der Waals surface area contributed by atoms with Crippen LogP contribution in [0.5, 0.6) is 0 Å². The van der Waals surface area contributed by atoms with Crippen LogP contribution >= 0.6 is 0 Å². The van der Waals surface area contributed by atoms with Crippen molar-refractivity contribution in [1.29, 1.82) is 0 Å². The van der Waals surface area contributed by atoms with E-state index in [0.29, 0.717) is 0 Å². The highest BCUT2D eigenvalue weighted by Crippen LogP contribution is 1.68. The SMILES string of the molecule is [2H]N([2H])[C@@H](C(=O)O)C([2H])([2H])[2H]. The van der Waals surface area contributed by atoms with Crippen molar-refractivity contribution in [2.45, 2.75) is 12.9 Å². The average Bonchev–Trinajstić information content (AvgIpc) is 1.54. The molecule has 6 heavy (non-hydrogen) atoms. The van der Waals surface area contributed by atoms with E-state index >= 15 is 0 Å². The van der Waals surface area contributed by atoms with E-state index in [2.05, 4.69) is 0 Å². The summed E-state index contributed by atoms with van der Waals surface area (Å²) < 4.78 is 32.8. The molecule has 1 atom stereocenters. The van der Waals surface area contributed by atoms with Gasteiger partial charge in [-0.2, -0.15) is 0 Å². The van der Waals surface area contributed by atoms with Gasteiger partial charge in [-0.25, -0.2) is 0 Å². The molecule has 0 bridgehead atoms. The molecule has 0 unspecified atom stereocenters. The van der Waals surface area contributed by atoms with Gasteiger partial charge >= 0.3 is 5.97 Å². The number of carboxylic acid groups (broad SMARTS) is 1. The average molecular weight is 94.1 g/mol. The normalized spacial score (nSPS) is 28.5. The van der Waals surface area contributed by atoms with E-state index in [0.717, 1.165) is 0 Å². The molecule has 36 valence electrons. The second-order valence-corrected chi connectivity index (χ2v) is 0.741. The van der Waals surface area contributed by atoms with Gasteiger partial charge in [-0.15, -0.1) is 0 Å². The van der Waals surface area contributed by atoms with Gasteiger partial charge in [-0.3, -0.25) is 4.79 Å². The van der Waals surface area contributed by atoms with Crippen molar-refractivity contribution in [3.8, 4) is 0 Å². The van der Waals surface area contributed by atoms with Gasteiger partial charge in [0.2, 0.25) is 0 Å². The summed E-state index contributed by atoms with van der Waals surface area (Å²) in [6, 6.07) is -2.08. The maximum Gasteiger partial charge on any atom is 0.320 e. The highest BCUT2D eigenvalue weighted by Gasteiger charge is 1.99. The second kappa shape index (κ2) is 1.77. The first-order valence-corrected chi connectivity index (χ1v) is 1.26. The van der Waals surface area contributed by atoms with Gasteiger partial charge in [-0.1, -0.05) is 0 Å². The molecule has 0 saturated heterocycles. The Hall–Kier alpha value is -0.570. The minimum Gasteiger partial charge on any atom is -0.480 e. The maximum absolute atomic E-state index is 10.1. The Morgan fingerprint density at radius 1 is 2.50 bits per heavy atom. The van der Waals surface area contributed by atoms with Crippen LogP contribution in [0.25, 0.3) is 0 Å². The van der Waals surface area contributed by atoms with Gasteiger partial charge in [-0.05, 0) is 6.85 Å². The summed E-state index contributed by atoms with van der Waals surface area (Å²) in [5.74, 6) is -1.70. The number of nitrogens with two attached hydrogens (primary N) is 1. The van der Waals surface area contributed by atoms with E-state index in [1.165, 1.54) is 0 Å². The first-order valence-electron chi connectivity index (χ1n) is 3.66. The van der Waals surface area contributed by atoms with Gasteiger partial charge < -0.3 is 10.8 Å². The molecule has 0 amide bonds. The van der Waals surface area contributed by atoms with Crippen molar-refractivity contribution < 1.29 is 16.8 Å². The zero-order chi connectivity index (χ0) is 9.23. The van der Waals surface area contributed by atoms with E-state index in [-0.39, 0.29) is 5.72 Å². The fraction of sp³-hybridized carbons (Fsp3) is 0.667. The van der Waals surface area contributed by atoms with Gasteiger partial charge in [0.05, 0.1) is 0 Å². The molecule has 0 heterocycles. The van der Waals surface area contributed by atoms with Gasteiger partial charge in [0, 0.05) is 4.11 Å². The highest BCUT2D eigenvalue weighted by atomic mass is 16.4. The molecule has 0 radical (unpaired) electrons. The van der Waals surface area contributed by atoms with Crippen molar-refractivity contribution in [1.82, 2.24) is 0 Å². The Morgan fingerprint density at radius 3 is 3.17 bits per heavy atom. The summed E-state index contributed by atoms with van der Waals surface area (Å²) in [7, 11) is 0. The van der Waals surface area contributed by atoms with Crippen molar-refractivity contribution in [2.24, 2.45) is 5.72 Å². The lowest BCUT2D eigenvalue weighted by Gasteiger charge is -1.90. The molecule has 0 aliphatic rings. The van der Waals surface area contributed by atoms with Gasteiger partial charge in [0.1, 0.15) is 8.87 Å². The molecule has 3 nitrogen and oxygen atoms in total. The molecule has 0 aromatic rings. The molecule has 0 aromatic carbocycles. The highest BCUT2D eigenvalue weighted by molar-refractivity contribution is 5.72. The Balaban J connectivity index is 4.49. The lowest BCUT2D eigenvalue weighted by atomic mass is 10.4. The van der Waals surface area contributed by atoms with Crippen LogP contribution in [0.4, 0.5) is 0 Å². The molecule has 0 fully saturated rings. The van der Waals surface area contributed by atoms with Crippen LogP contribution in [0.15, 0.2) is 0 Å². The van der Waals surface area contributed by atoms with Crippen LogP contribution in [-0.4, -0.2) is 17.1 Å². The molecule has 0 aromatic heterocycles. The molecule has 0 rings (SSSR count). The minimum absolute atomic E-state index is 0.338. The van der Waals surface area contributed by atoms with E-state index < -0.39 is 18.9 Å². The predicted octanol–water partition coefficient (Wildman–Crippen LogP) is -0.582. The van der Waals surface area contributed by atoms with E-state index in [1.54, 1.807) is 0 Å². The summed E-state index contributed by atoms with van der Waals surface area (Å²) in [6.07, 6.45) is 0. The van der Waals surface area contributed by atoms with Crippen LogP contribution in [-0.2, 0) is 4.79 Å². The van der Waals surface area contributed by atoms with Crippen LogP contribution < -0.4 is 5.72 Å². The molecular weight excluding hydrogens is 82.0 g/mol. The third-order valence-corrected chi connectivity index (χ3v) is 0.234. The number of aliphatic carboxylic acids is 1. The third kappa shape index (κ3) is 1.72. The van der Waals surface area contributed by atoms with Gasteiger partial charge in [0.25, 0.3) is 0 Å². The second-order valence-electron chi connectivity index (χ2n) is 0.741. The maximum atomic E-state index is 10.1. The van der Waals surface area contributed by atoms with E-state index in [1.807, 2.05) is 0 Å². The standard InChI is InChI=1S/C3H7NO2/c1-2(4)3(5)6/h2H,4H2,1H3,(H,5,6)/t2-/m1/s1/i1D3/hD2. The fourth-order valence-corrected chi connectivity index (χ4v) is 0. The van der Waals surface area contributed by atoms with Crippen molar-refractivity contribution in [3.63, 3.8) is 0 Å². The predicted molar refractivity (Wildman–Crippen MR) is 21.3 cm³/mol. The summed E-state index contributed by atoms with van der Waals surface area (Å²) in [5, 5.41) is 8.24. The summed E-state index contributed by atoms with van der Waals surface area (Å²) in [5.41, 5.74) is -0.338. The van der Waals surface area contributed by atoms with Crippen LogP contribution in [0.1, 0.15) is 11.0 Å². The molecular formula is C3H7NO2. The van der Waals surface area contributed by atoms with E-state index in [9.17, 15) is 4.79 Å². The summed E-state index contributed by atoms with van der Waals surface area (Å²) >= 11 is 0. The molecule has 3 N–H and O–H groups in total. The first-order chi connectivity index (χ1) is 4.76. The Kier molecular flexibility index (Phi) is 0.353. The van der Waals surface area contributed by atoms with Gasteiger partial charge in [0.15, 0.2) is 0 Å². The van der Waals surface area contributed by atoms with Crippen molar-refractivity contribution in [3.05, 3.63) is 0 Å². The number of hydrogen-bond donors (Lipinski definition) is 2. The number of carbonyl (C=O) groups is 1. The summed E-state index contributed by atoms with van der Waals surface area (Å²) in [6.45, 7) is -2.84. The first kappa shape index (κ1) is 1.20. The van der Waals surface area contributed by atoms with Crippen LogP contribution in [0.2, 0.25) is 2.82 Å². The molecule has 0 spiro atoms. The monoisotopic (exact) mass is 94.1 g/mol. The van der Waals surface area contributed by atoms with E-state index in [4.69, 9.17) is 12.0 Å². The molecule has 0 aliphatic carbocycles. The fourth-order valence-electron chi connectivity index (χ4n) is 0. The zero-order valence-electron chi connectivity index (χ0n) is 7.88. The minimum atomic E-state index is -2.84. The van der Waals surface area contributed by atoms with Crippen LogP contribution in [0, 0.1) is 0 Å². The number of carboxylic acids is 1. The summed E-state index contributed by atoms with van der Waals surface area (Å²) in [4.78, 5) is 10.1. The third-order valence-electron chi connectivity index (χ3n) is 0.234. The lowest BCUT2D eigenvalue weighted by molar-refractivity contribution is -0.138. The molecule has 3 heteroatoms. The zero-order valence-corrected chi connectivity index (χ0v) is 2.88. The Morgan fingerprint density at radius 2 is 3.17 bits per heavy atom. The molecule has 0 saturated carbocycles. The number of rotatable bonds is 2. The topological polar surface area (TPSA) is 63.3 Å². The molecule has 0 aliphatic heterocycles.